The first-order valence-corrected chi connectivity index (χ1v) is 8.95. The van der Waals surface area contributed by atoms with Crippen LogP contribution in [0, 0.1) is 0 Å². The van der Waals surface area contributed by atoms with Gasteiger partial charge in [0.25, 0.3) is 0 Å². The Kier molecular flexibility index (Phi) is 5.37. The molecule has 1 fully saturated rings. The summed E-state index contributed by atoms with van der Waals surface area (Å²) in [6.07, 6.45) is 3.50. The Morgan fingerprint density at radius 3 is 2.62 bits per heavy atom. The van der Waals surface area contributed by atoms with Gasteiger partial charge in [0.2, 0.25) is 0 Å². The van der Waals surface area contributed by atoms with Gasteiger partial charge in [0.05, 0.1) is 12.0 Å². The Hall–Kier alpha value is -2.05. The van der Waals surface area contributed by atoms with E-state index >= 15 is 0 Å². The number of hydrogen-bond acceptors (Lipinski definition) is 5. The molecule has 126 valence electrons. The smallest absolute Gasteiger partial charge is 0.321 e. The first-order chi connectivity index (χ1) is 11.7. The number of rotatable bonds is 6. The summed E-state index contributed by atoms with van der Waals surface area (Å²) in [6, 6.07) is 11.3. The van der Waals surface area contributed by atoms with Gasteiger partial charge in [-0.1, -0.05) is 12.1 Å². The number of carbonyl (C=O) groups is 1. The number of benzene rings is 1. The van der Waals surface area contributed by atoms with E-state index in [1.165, 1.54) is 0 Å². The van der Waals surface area contributed by atoms with E-state index in [9.17, 15) is 9.90 Å². The number of hydrogen-bond donors (Lipinski definition) is 1. The fourth-order valence-electron chi connectivity index (χ4n) is 2.83. The zero-order valence-electron chi connectivity index (χ0n) is 13.5. The average Bonchev–Trinajstić information content (AvgIpc) is 3.01. The van der Waals surface area contributed by atoms with Crippen molar-refractivity contribution in [3.8, 4) is 5.75 Å². The minimum Gasteiger partial charge on any atom is -0.494 e. The van der Waals surface area contributed by atoms with Gasteiger partial charge < -0.3 is 9.84 Å². The van der Waals surface area contributed by atoms with E-state index in [4.69, 9.17) is 4.74 Å². The molecule has 1 aromatic heterocycles. The standard InChI is InChI=1S/C18H20N2O3S/c1-2-23-15-5-3-13(4-6-15)11-20-16(18(21)22)12-24-17(20)14-7-9-19-10-8-14/h3-10,16-17H,2,11-12H2,1H3,(H,21,22). The Balaban J connectivity index is 1.81. The van der Waals surface area contributed by atoms with Crippen molar-refractivity contribution in [2.24, 2.45) is 0 Å². The molecule has 1 N–H and O–H groups in total. The quantitative estimate of drug-likeness (QED) is 0.868. The molecule has 0 spiro atoms. The number of pyridine rings is 1. The summed E-state index contributed by atoms with van der Waals surface area (Å²) in [7, 11) is 0. The maximum atomic E-state index is 11.6. The van der Waals surface area contributed by atoms with Crippen LogP contribution in [-0.2, 0) is 11.3 Å². The molecule has 1 aliphatic heterocycles. The number of thioether (sulfide) groups is 1. The van der Waals surface area contributed by atoms with Crippen molar-refractivity contribution in [2.75, 3.05) is 12.4 Å². The van der Waals surface area contributed by atoms with E-state index < -0.39 is 12.0 Å². The number of nitrogens with zero attached hydrogens (tertiary/aromatic N) is 2. The first kappa shape index (κ1) is 16.8. The van der Waals surface area contributed by atoms with Crippen LogP contribution in [-0.4, -0.2) is 39.4 Å². The normalized spacial score (nSPS) is 20.9. The lowest BCUT2D eigenvalue weighted by molar-refractivity contribution is -0.142. The second-order valence-corrected chi connectivity index (χ2v) is 6.68. The molecule has 2 unspecified atom stereocenters. The van der Waals surface area contributed by atoms with E-state index in [-0.39, 0.29) is 5.37 Å². The van der Waals surface area contributed by atoms with Gasteiger partial charge >= 0.3 is 5.97 Å². The second-order valence-electron chi connectivity index (χ2n) is 5.57. The Bertz CT molecular complexity index is 678. The van der Waals surface area contributed by atoms with Crippen molar-refractivity contribution in [3.05, 3.63) is 59.9 Å². The summed E-state index contributed by atoms with van der Waals surface area (Å²) < 4.78 is 5.46. The molecule has 0 aliphatic carbocycles. The number of aromatic nitrogens is 1. The summed E-state index contributed by atoms with van der Waals surface area (Å²) in [6.45, 7) is 3.17. The zero-order valence-corrected chi connectivity index (χ0v) is 14.3. The number of carboxylic acids is 1. The molecule has 1 saturated heterocycles. The van der Waals surface area contributed by atoms with E-state index in [2.05, 4.69) is 4.98 Å². The lowest BCUT2D eigenvalue weighted by Crippen LogP contribution is -2.38. The molecule has 3 rings (SSSR count). The van der Waals surface area contributed by atoms with Crippen molar-refractivity contribution in [3.63, 3.8) is 0 Å². The van der Waals surface area contributed by atoms with Crippen molar-refractivity contribution in [1.82, 2.24) is 9.88 Å². The van der Waals surface area contributed by atoms with Crippen LogP contribution in [0.25, 0.3) is 0 Å². The number of ether oxygens (including phenoxy) is 1. The minimum atomic E-state index is -0.773. The molecule has 0 amide bonds. The van der Waals surface area contributed by atoms with Crippen LogP contribution in [0.5, 0.6) is 5.75 Å². The van der Waals surface area contributed by atoms with Crippen molar-refractivity contribution in [1.29, 1.82) is 0 Å². The van der Waals surface area contributed by atoms with Gasteiger partial charge in [0.15, 0.2) is 0 Å². The van der Waals surface area contributed by atoms with Crippen molar-refractivity contribution < 1.29 is 14.6 Å². The fraction of sp³-hybridized carbons (Fsp3) is 0.333. The van der Waals surface area contributed by atoms with Crippen molar-refractivity contribution >= 4 is 17.7 Å². The van der Waals surface area contributed by atoms with Gasteiger partial charge in [0, 0.05) is 24.7 Å². The molecule has 0 bridgehead atoms. The molecule has 5 nitrogen and oxygen atoms in total. The number of aliphatic carboxylic acids is 1. The van der Waals surface area contributed by atoms with Crippen LogP contribution >= 0.6 is 11.8 Å². The number of carboxylic acid groups (broad SMARTS) is 1. The van der Waals surface area contributed by atoms with Gasteiger partial charge in [-0.25, -0.2) is 0 Å². The summed E-state index contributed by atoms with van der Waals surface area (Å²) in [4.78, 5) is 17.7. The van der Waals surface area contributed by atoms with Crippen LogP contribution in [0.3, 0.4) is 0 Å². The maximum Gasteiger partial charge on any atom is 0.321 e. The minimum absolute atomic E-state index is 0.0284. The van der Waals surface area contributed by atoms with Gasteiger partial charge in [-0.05, 0) is 42.3 Å². The molecule has 2 atom stereocenters. The predicted molar refractivity (Wildman–Crippen MR) is 94.0 cm³/mol. The van der Waals surface area contributed by atoms with Gasteiger partial charge in [-0.15, -0.1) is 11.8 Å². The molecule has 0 saturated carbocycles. The van der Waals surface area contributed by atoms with Gasteiger partial charge in [0.1, 0.15) is 11.8 Å². The zero-order chi connectivity index (χ0) is 16.9. The summed E-state index contributed by atoms with van der Waals surface area (Å²) in [5.74, 6) is 0.641. The highest BCUT2D eigenvalue weighted by molar-refractivity contribution is 7.99. The molecule has 1 aromatic carbocycles. The first-order valence-electron chi connectivity index (χ1n) is 7.91. The highest BCUT2D eigenvalue weighted by Crippen LogP contribution is 2.42. The topological polar surface area (TPSA) is 62.7 Å². The van der Waals surface area contributed by atoms with E-state index in [1.54, 1.807) is 24.2 Å². The third kappa shape index (κ3) is 3.71. The van der Waals surface area contributed by atoms with Crippen LogP contribution in [0.1, 0.15) is 23.4 Å². The van der Waals surface area contributed by atoms with Crippen molar-refractivity contribution in [2.45, 2.75) is 24.9 Å². The molecule has 24 heavy (non-hydrogen) atoms. The van der Waals surface area contributed by atoms with Gasteiger partial charge in [-0.3, -0.25) is 14.7 Å². The summed E-state index contributed by atoms with van der Waals surface area (Å²) in [5, 5.41) is 9.58. The third-order valence-corrected chi connectivity index (χ3v) is 5.36. The van der Waals surface area contributed by atoms with Gasteiger partial charge in [-0.2, -0.15) is 0 Å². The van der Waals surface area contributed by atoms with Crippen LogP contribution < -0.4 is 4.74 Å². The highest BCUT2D eigenvalue weighted by Gasteiger charge is 2.39. The van der Waals surface area contributed by atoms with Crippen LogP contribution in [0.4, 0.5) is 0 Å². The summed E-state index contributed by atoms with van der Waals surface area (Å²) >= 11 is 1.66. The maximum absolute atomic E-state index is 11.6. The van der Waals surface area contributed by atoms with Crippen LogP contribution in [0.15, 0.2) is 48.8 Å². The second kappa shape index (κ2) is 7.68. The largest absolute Gasteiger partial charge is 0.494 e. The van der Waals surface area contributed by atoms with Crippen LogP contribution in [0.2, 0.25) is 0 Å². The lowest BCUT2D eigenvalue weighted by Gasteiger charge is -2.27. The molecule has 0 radical (unpaired) electrons. The Labute approximate surface area is 145 Å². The Morgan fingerprint density at radius 1 is 1.29 bits per heavy atom. The van der Waals surface area contributed by atoms with E-state index in [1.807, 2.05) is 48.2 Å². The molecular formula is C18H20N2O3S. The molecule has 2 aromatic rings. The fourth-order valence-corrected chi connectivity index (χ4v) is 4.29. The van der Waals surface area contributed by atoms with E-state index in [0.717, 1.165) is 16.9 Å². The SMILES string of the molecule is CCOc1ccc(CN2C(C(=O)O)CSC2c2ccncc2)cc1. The average molecular weight is 344 g/mol. The molecule has 6 heteroatoms. The molecular weight excluding hydrogens is 324 g/mol. The highest BCUT2D eigenvalue weighted by atomic mass is 32.2. The molecule has 1 aliphatic rings. The summed E-state index contributed by atoms with van der Waals surface area (Å²) in [5.41, 5.74) is 2.16. The third-order valence-electron chi connectivity index (χ3n) is 3.99. The monoisotopic (exact) mass is 344 g/mol. The van der Waals surface area contributed by atoms with E-state index in [0.29, 0.717) is 18.9 Å². The molecule has 2 heterocycles. The predicted octanol–water partition coefficient (Wildman–Crippen LogP) is 3.18. The lowest BCUT2D eigenvalue weighted by atomic mass is 10.1. The Morgan fingerprint density at radius 2 is 2.00 bits per heavy atom.